The lowest BCUT2D eigenvalue weighted by molar-refractivity contribution is 0.602. The summed E-state index contributed by atoms with van der Waals surface area (Å²) in [6.07, 6.45) is 5.19. The molecule has 1 aromatic heterocycles. The fourth-order valence-corrected chi connectivity index (χ4v) is 4.00. The van der Waals surface area contributed by atoms with Gasteiger partial charge in [0.1, 0.15) is 0 Å². The van der Waals surface area contributed by atoms with Gasteiger partial charge in [0.25, 0.3) is 0 Å². The fourth-order valence-electron chi connectivity index (χ4n) is 3.30. The summed E-state index contributed by atoms with van der Waals surface area (Å²) >= 11 is 7.17. The predicted octanol–water partition coefficient (Wildman–Crippen LogP) is 7.16. The maximum Gasteiger partial charge on any atom is 0.0491 e. The molecule has 3 aromatic rings. The highest BCUT2D eigenvalue weighted by Gasteiger charge is 2.11. The fraction of sp³-hybridized carbons (Fsp3) is 0.400. The van der Waals surface area contributed by atoms with Gasteiger partial charge in [-0.3, -0.25) is 0 Å². The third kappa shape index (κ3) is 3.51. The molecule has 0 amide bonds. The van der Waals surface area contributed by atoms with Crippen molar-refractivity contribution in [1.29, 1.82) is 0 Å². The van der Waals surface area contributed by atoms with Crippen molar-refractivity contribution < 1.29 is 0 Å². The molecule has 2 aromatic carbocycles. The average Bonchev–Trinajstić information content (AvgIpc) is 2.91. The minimum absolute atomic E-state index is 0.907. The van der Waals surface area contributed by atoms with Gasteiger partial charge in [-0.1, -0.05) is 70.2 Å². The van der Waals surface area contributed by atoms with Crippen molar-refractivity contribution >= 4 is 53.7 Å². The number of aromatic nitrogens is 1. The number of hydrogen-bond acceptors (Lipinski definition) is 0. The molecule has 3 rings (SSSR count). The molecule has 0 saturated heterocycles. The number of alkyl halides is 2. The molecule has 3 heteroatoms. The Morgan fingerprint density at radius 1 is 0.783 bits per heavy atom. The summed E-state index contributed by atoms with van der Waals surface area (Å²) in [5, 5.41) is 4.58. The second kappa shape index (κ2) is 7.85. The van der Waals surface area contributed by atoms with E-state index in [9.17, 15) is 0 Å². The van der Waals surface area contributed by atoms with Crippen LogP contribution in [-0.4, -0.2) is 4.57 Å². The summed E-state index contributed by atoms with van der Waals surface area (Å²) in [4.78, 5) is 0. The smallest absolute Gasteiger partial charge is 0.0491 e. The van der Waals surface area contributed by atoms with Crippen molar-refractivity contribution in [2.24, 2.45) is 0 Å². The van der Waals surface area contributed by atoms with E-state index in [1.54, 1.807) is 0 Å². The van der Waals surface area contributed by atoms with Crippen LogP contribution >= 0.6 is 31.9 Å². The summed E-state index contributed by atoms with van der Waals surface area (Å²) in [5.41, 5.74) is 5.42. The molecule has 0 unspecified atom stereocenters. The first-order chi connectivity index (χ1) is 11.3. The van der Waals surface area contributed by atoms with Crippen molar-refractivity contribution in [1.82, 2.24) is 4.57 Å². The summed E-state index contributed by atoms with van der Waals surface area (Å²) < 4.78 is 2.51. The number of benzene rings is 2. The molecule has 0 aliphatic carbocycles. The van der Waals surface area contributed by atoms with Gasteiger partial charge < -0.3 is 4.57 Å². The Labute approximate surface area is 155 Å². The topological polar surface area (TPSA) is 4.93 Å². The Balaban J connectivity index is 2.11. The van der Waals surface area contributed by atoms with Gasteiger partial charge in [0.2, 0.25) is 0 Å². The van der Waals surface area contributed by atoms with Crippen LogP contribution in [0.2, 0.25) is 0 Å². The minimum atomic E-state index is 0.907. The molecule has 0 saturated carbocycles. The Morgan fingerprint density at radius 2 is 1.35 bits per heavy atom. The van der Waals surface area contributed by atoms with E-state index in [1.165, 1.54) is 58.6 Å². The van der Waals surface area contributed by atoms with E-state index in [4.69, 9.17) is 0 Å². The first kappa shape index (κ1) is 17.0. The summed E-state index contributed by atoms with van der Waals surface area (Å²) in [6, 6.07) is 13.7. The molecule has 23 heavy (non-hydrogen) atoms. The average molecular weight is 437 g/mol. The Bertz CT molecular complexity index is 743. The van der Waals surface area contributed by atoms with E-state index in [0.29, 0.717) is 0 Å². The SMILES string of the molecule is CCCCCCn1c2ccc(CBr)cc2c2cc(CBr)ccc21. The summed E-state index contributed by atoms with van der Waals surface area (Å²) in [5.74, 6) is 0. The van der Waals surface area contributed by atoms with E-state index >= 15 is 0 Å². The van der Waals surface area contributed by atoms with Crippen molar-refractivity contribution in [3.05, 3.63) is 47.5 Å². The quantitative estimate of drug-likeness (QED) is 0.273. The molecule has 0 fully saturated rings. The highest BCUT2D eigenvalue weighted by atomic mass is 79.9. The molecule has 0 aliphatic rings. The molecule has 122 valence electrons. The largest absolute Gasteiger partial charge is 0.340 e. The second-order valence-corrected chi connectivity index (χ2v) is 7.30. The van der Waals surface area contributed by atoms with Gasteiger partial charge in [-0.25, -0.2) is 0 Å². The molecule has 0 radical (unpaired) electrons. The number of hydrogen-bond donors (Lipinski definition) is 0. The Morgan fingerprint density at radius 3 is 1.83 bits per heavy atom. The maximum absolute atomic E-state index is 3.59. The van der Waals surface area contributed by atoms with Gasteiger partial charge in [-0.05, 0) is 41.8 Å². The molecule has 0 atom stereocenters. The van der Waals surface area contributed by atoms with Gasteiger partial charge in [0.15, 0.2) is 0 Å². The lowest BCUT2D eigenvalue weighted by atomic mass is 10.1. The normalized spacial score (nSPS) is 11.6. The zero-order chi connectivity index (χ0) is 16.2. The van der Waals surface area contributed by atoms with Gasteiger partial charge in [-0.15, -0.1) is 0 Å². The number of halogens is 2. The first-order valence-corrected chi connectivity index (χ1v) is 10.7. The van der Waals surface area contributed by atoms with Crippen LogP contribution in [0, 0.1) is 0 Å². The number of aryl methyl sites for hydroxylation is 1. The zero-order valence-corrected chi connectivity index (χ0v) is 16.8. The number of fused-ring (bicyclic) bond motifs is 3. The van der Waals surface area contributed by atoms with E-state index in [1.807, 2.05) is 0 Å². The first-order valence-electron chi connectivity index (χ1n) is 8.44. The molecule has 1 nitrogen and oxygen atoms in total. The van der Waals surface area contributed by atoms with Crippen molar-refractivity contribution in [2.75, 3.05) is 0 Å². The Hall–Kier alpha value is -0.800. The van der Waals surface area contributed by atoms with Crippen LogP contribution in [-0.2, 0) is 17.2 Å². The highest BCUT2D eigenvalue weighted by molar-refractivity contribution is 9.08. The monoisotopic (exact) mass is 435 g/mol. The van der Waals surface area contributed by atoms with Gasteiger partial charge in [-0.2, -0.15) is 0 Å². The summed E-state index contributed by atoms with van der Waals surface area (Å²) in [7, 11) is 0. The highest BCUT2D eigenvalue weighted by Crippen LogP contribution is 2.32. The molecule has 1 heterocycles. The predicted molar refractivity (Wildman–Crippen MR) is 109 cm³/mol. The maximum atomic E-state index is 3.59. The molecule has 0 spiro atoms. The minimum Gasteiger partial charge on any atom is -0.340 e. The lowest BCUT2D eigenvalue weighted by Gasteiger charge is -2.08. The molecule has 0 N–H and O–H groups in total. The zero-order valence-electron chi connectivity index (χ0n) is 13.6. The van der Waals surface area contributed by atoms with Crippen LogP contribution in [0.3, 0.4) is 0 Å². The van der Waals surface area contributed by atoms with Crippen LogP contribution in [0.1, 0.15) is 43.7 Å². The molecular weight excluding hydrogens is 414 g/mol. The Kier molecular flexibility index (Phi) is 5.81. The standard InChI is InChI=1S/C20H23Br2N/c1-2-3-4-5-10-23-19-8-6-15(13-21)11-17(19)18-12-16(14-22)7-9-20(18)23/h6-9,11-12H,2-5,10,13-14H2,1H3. The molecular formula is C20H23Br2N. The molecule has 0 aliphatic heterocycles. The van der Waals surface area contributed by atoms with Crippen molar-refractivity contribution in [2.45, 2.75) is 49.8 Å². The van der Waals surface area contributed by atoms with Crippen LogP contribution in [0.15, 0.2) is 36.4 Å². The number of unbranched alkanes of at least 4 members (excludes halogenated alkanes) is 3. The van der Waals surface area contributed by atoms with E-state index in [2.05, 4.69) is 79.7 Å². The third-order valence-electron chi connectivity index (χ3n) is 4.54. The van der Waals surface area contributed by atoms with Gasteiger partial charge in [0, 0.05) is 39.0 Å². The van der Waals surface area contributed by atoms with E-state index < -0.39 is 0 Å². The van der Waals surface area contributed by atoms with Gasteiger partial charge >= 0.3 is 0 Å². The van der Waals surface area contributed by atoms with Gasteiger partial charge in [0.05, 0.1) is 0 Å². The molecule has 0 bridgehead atoms. The number of nitrogens with zero attached hydrogens (tertiary/aromatic N) is 1. The summed E-state index contributed by atoms with van der Waals surface area (Å²) in [6.45, 7) is 3.38. The second-order valence-electron chi connectivity index (χ2n) is 6.18. The van der Waals surface area contributed by atoms with Crippen LogP contribution in [0.5, 0.6) is 0 Å². The lowest BCUT2D eigenvalue weighted by Crippen LogP contribution is -1.97. The van der Waals surface area contributed by atoms with E-state index in [0.717, 1.165) is 17.2 Å². The third-order valence-corrected chi connectivity index (χ3v) is 5.83. The van der Waals surface area contributed by atoms with Crippen molar-refractivity contribution in [3.63, 3.8) is 0 Å². The number of rotatable bonds is 7. The van der Waals surface area contributed by atoms with E-state index in [-0.39, 0.29) is 0 Å². The van der Waals surface area contributed by atoms with Crippen LogP contribution in [0.4, 0.5) is 0 Å². The van der Waals surface area contributed by atoms with Crippen LogP contribution in [0.25, 0.3) is 21.8 Å². The van der Waals surface area contributed by atoms with Crippen molar-refractivity contribution in [3.8, 4) is 0 Å². The van der Waals surface area contributed by atoms with Crippen LogP contribution < -0.4 is 0 Å².